The summed E-state index contributed by atoms with van der Waals surface area (Å²) in [7, 11) is 1.73. The number of nitrogens with zero attached hydrogens (tertiary/aromatic N) is 2. The summed E-state index contributed by atoms with van der Waals surface area (Å²) in [6.45, 7) is 15.6. The summed E-state index contributed by atoms with van der Waals surface area (Å²) in [6, 6.07) is 14.7. The second kappa shape index (κ2) is 18.0. The SMILES string of the molecule is CCOC(C)COCc1ccc([C@H]2[C@H](CCO)CN(C(=O)OC(C)(C)C)C[C@@H]2OCc2ccc3c(c2)N(CCCOC)CCO3)cc1. The molecule has 4 atom stereocenters. The summed E-state index contributed by atoms with van der Waals surface area (Å²) in [5, 5.41) is 10.1. The number of carbonyl (C=O) groups is 1. The molecule has 4 rings (SSSR count). The molecule has 2 heterocycles. The van der Waals surface area contributed by atoms with Crippen LogP contribution < -0.4 is 9.64 Å². The van der Waals surface area contributed by atoms with Gasteiger partial charge in [0.2, 0.25) is 0 Å². The highest BCUT2D eigenvalue weighted by Gasteiger charge is 2.41. The van der Waals surface area contributed by atoms with Gasteiger partial charge in [0.15, 0.2) is 0 Å². The van der Waals surface area contributed by atoms with E-state index >= 15 is 0 Å². The quantitative estimate of drug-likeness (QED) is 0.226. The molecule has 1 saturated heterocycles. The minimum Gasteiger partial charge on any atom is -0.490 e. The Morgan fingerprint density at radius 1 is 1.09 bits per heavy atom. The summed E-state index contributed by atoms with van der Waals surface area (Å²) in [6.07, 6.45) is 0.847. The number of aliphatic hydroxyl groups is 1. The molecule has 2 aliphatic rings. The first-order valence-corrected chi connectivity index (χ1v) is 17.1. The topological polar surface area (TPSA) is 99.2 Å². The molecule has 1 N–H and O–H groups in total. The van der Waals surface area contributed by atoms with Crippen LogP contribution in [0.5, 0.6) is 5.75 Å². The van der Waals surface area contributed by atoms with Gasteiger partial charge in [0.25, 0.3) is 0 Å². The van der Waals surface area contributed by atoms with Crippen LogP contribution in [-0.2, 0) is 36.9 Å². The smallest absolute Gasteiger partial charge is 0.410 e. The van der Waals surface area contributed by atoms with E-state index in [1.54, 1.807) is 12.0 Å². The maximum Gasteiger partial charge on any atom is 0.410 e. The number of ether oxygens (including phenoxy) is 6. The average molecular weight is 657 g/mol. The first-order chi connectivity index (χ1) is 22.6. The average Bonchev–Trinajstić information content (AvgIpc) is 3.04. The van der Waals surface area contributed by atoms with E-state index in [-0.39, 0.29) is 36.7 Å². The second-order valence-electron chi connectivity index (χ2n) is 13.5. The number of hydrogen-bond donors (Lipinski definition) is 1. The molecule has 0 radical (unpaired) electrons. The molecule has 0 bridgehead atoms. The van der Waals surface area contributed by atoms with Crippen molar-refractivity contribution in [2.75, 3.05) is 71.2 Å². The molecule has 262 valence electrons. The normalized spacial score (nSPS) is 20.4. The Morgan fingerprint density at radius 3 is 2.55 bits per heavy atom. The van der Waals surface area contributed by atoms with E-state index in [2.05, 4.69) is 35.2 Å². The number of rotatable bonds is 16. The van der Waals surface area contributed by atoms with Gasteiger partial charge in [-0.15, -0.1) is 0 Å². The monoisotopic (exact) mass is 656 g/mol. The fourth-order valence-corrected chi connectivity index (χ4v) is 6.42. The molecule has 2 aliphatic heterocycles. The molecule has 0 aromatic heterocycles. The molecule has 1 amide bonds. The zero-order valence-corrected chi connectivity index (χ0v) is 29.2. The van der Waals surface area contributed by atoms with Crippen LogP contribution in [0.15, 0.2) is 42.5 Å². The van der Waals surface area contributed by atoms with E-state index < -0.39 is 5.60 Å². The van der Waals surface area contributed by atoms with Gasteiger partial charge in [0.1, 0.15) is 18.0 Å². The van der Waals surface area contributed by atoms with Crippen molar-refractivity contribution in [1.29, 1.82) is 0 Å². The van der Waals surface area contributed by atoms with Crippen LogP contribution >= 0.6 is 0 Å². The Morgan fingerprint density at radius 2 is 1.85 bits per heavy atom. The van der Waals surface area contributed by atoms with Crippen LogP contribution in [0, 0.1) is 5.92 Å². The van der Waals surface area contributed by atoms with E-state index in [9.17, 15) is 9.90 Å². The van der Waals surface area contributed by atoms with Crippen LogP contribution in [0.4, 0.5) is 10.5 Å². The highest BCUT2D eigenvalue weighted by molar-refractivity contribution is 5.68. The van der Waals surface area contributed by atoms with Gasteiger partial charge in [-0.05, 0) is 82.2 Å². The summed E-state index contributed by atoms with van der Waals surface area (Å²) >= 11 is 0. The number of aliphatic hydroxyl groups excluding tert-OH is 1. The van der Waals surface area contributed by atoms with Gasteiger partial charge in [0.05, 0.1) is 50.8 Å². The van der Waals surface area contributed by atoms with Crippen LogP contribution in [0.2, 0.25) is 0 Å². The molecule has 1 fully saturated rings. The number of hydrogen-bond acceptors (Lipinski definition) is 9. The molecule has 0 spiro atoms. The predicted molar refractivity (Wildman–Crippen MR) is 182 cm³/mol. The molecule has 0 saturated carbocycles. The van der Waals surface area contributed by atoms with Gasteiger partial charge in [0, 0.05) is 45.9 Å². The molecule has 10 nitrogen and oxygen atoms in total. The lowest BCUT2D eigenvalue weighted by Crippen LogP contribution is -2.52. The lowest BCUT2D eigenvalue weighted by Gasteiger charge is -2.44. The third-order valence-electron chi connectivity index (χ3n) is 8.58. The Kier molecular flexibility index (Phi) is 14.2. The molecule has 0 aliphatic carbocycles. The van der Waals surface area contributed by atoms with Crippen molar-refractivity contribution >= 4 is 11.8 Å². The van der Waals surface area contributed by atoms with Gasteiger partial charge in [-0.1, -0.05) is 30.3 Å². The molecule has 2 aromatic rings. The van der Waals surface area contributed by atoms with Crippen LogP contribution in [0.1, 0.15) is 70.1 Å². The van der Waals surface area contributed by atoms with Crippen molar-refractivity contribution in [3.63, 3.8) is 0 Å². The summed E-state index contributed by atoms with van der Waals surface area (Å²) in [4.78, 5) is 17.4. The Bertz CT molecular complexity index is 1230. The Balaban J connectivity index is 1.54. The number of amides is 1. The van der Waals surface area contributed by atoms with Gasteiger partial charge in [-0.2, -0.15) is 0 Å². The fourth-order valence-electron chi connectivity index (χ4n) is 6.42. The number of methoxy groups -OCH3 is 1. The van der Waals surface area contributed by atoms with Crippen molar-refractivity contribution in [2.24, 2.45) is 5.92 Å². The zero-order chi connectivity index (χ0) is 33.8. The number of anilines is 1. The first-order valence-electron chi connectivity index (χ1n) is 17.1. The molecular weight excluding hydrogens is 600 g/mol. The molecule has 47 heavy (non-hydrogen) atoms. The second-order valence-corrected chi connectivity index (χ2v) is 13.5. The third-order valence-corrected chi connectivity index (χ3v) is 8.58. The number of piperidine rings is 1. The predicted octanol–water partition coefficient (Wildman–Crippen LogP) is 5.78. The standard InChI is InChI=1S/C37H56N2O8/c1-7-44-27(2)24-43-25-28-9-12-30(13-10-28)35-31(15-18-40)22-39(36(41)47-37(3,4)5)23-34(35)46-26-29-11-14-33-32(21-29)38(17-20-45-33)16-8-19-42-6/h9-14,21,27,31,34-35,40H,7-8,15-20,22-26H2,1-6H3/t27?,31-,34+,35+/m1/s1. The summed E-state index contributed by atoms with van der Waals surface area (Å²) in [5.74, 6) is 0.831. The van der Waals surface area contributed by atoms with E-state index in [1.165, 1.54) is 0 Å². The molecule has 10 heteroatoms. The van der Waals surface area contributed by atoms with Crippen molar-refractivity contribution in [2.45, 2.75) is 84.4 Å². The highest BCUT2D eigenvalue weighted by atomic mass is 16.6. The van der Waals surface area contributed by atoms with E-state index in [1.807, 2.05) is 46.8 Å². The van der Waals surface area contributed by atoms with Crippen molar-refractivity contribution in [3.8, 4) is 5.75 Å². The van der Waals surface area contributed by atoms with Crippen molar-refractivity contribution < 1.29 is 38.3 Å². The van der Waals surface area contributed by atoms with Crippen molar-refractivity contribution in [1.82, 2.24) is 4.90 Å². The van der Waals surface area contributed by atoms with E-state index in [4.69, 9.17) is 28.4 Å². The van der Waals surface area contributed by atoms with Gasteiger partial charge >= 0.3 is 6.09 Å². The number of benzene rings is 2. The van der Waals surface area contributed by atoms with E-state index in [0.717, 1.165) is 47.6 Å². The van der Waals surface area contributed by atoms with Crippen LogP contribution in [0.25, 0.3) is 0 Å². The Hall–Kier alpha value is -2.89. The molecule has 1 unspecified atom stereocenters. The number of fused-ring (bicyclic) bond motifs is 1. The van der Waals surface area contributed by atoms with E-state index in [0.29, 0.717) is 59.2 Å². The van der Waals surface area contributed by atoms with Crippen molar-refractivity contribution in [3.05, 3.63) is 59.2 Å². The van der Waals surface area contributed by atoms with Gasteiger partial charge in [-0.25, -0.2) is 4.79 Å². The zero-order valence-electron chi connectivity index (χ0n) is 29.2. The van der Waals surface area contributed by atoms with Crippen LogP contribution in [-0.4, -0.2) is 100 Å². The summed E-state index contributed by atoms with van der Waals surface area (Å²) < 4.78 is 35.2. The minimum atomic E-state index is -0.616. The maximum absolute atomic E-state index is 13.3. The minimum absolute atomic E-state index is 0.0176. The third kappa shape index (κ3) is 11.1. The van der Waals surface area contributed by atoms with Gasteiger partial charge < -0.3 is 43.3 Å². The lowest BCUT2D eigenvalue weighted by molar-refractivity contribution is -0.0556. The fraction of sp³-hybridized carbons (Fsp3) is 0.649. The first kappa shape index (κ1) is 36.9. The maximum atomic E-state index is 13.3. The van der Waals surface area contributed by atoms with Gasteiger partial charge in [-0.3, -0.25) is 0 Å². The summed E-state index contributed by atoms with van der Waals surface area (Å²) in [5.41, 5.74) is 3.68. The molecular formula is C37H56N2O8. The lowest BCUT2D eigenvalue weighted by atomic mass is 9.77. The number of carbonyl (C=O) groups excluding carboxylic acids is 1. The molecule has 2 aromatic carbocycles. The Labute approximate surface area is 281 Å². The largest absolute Gasteiger partial charge is 0.490 e. The number of likely N-dealkylation sites (tertiary alicyclic amines) is 1. The highest BCUT2D eigenvalue weighted by Crippen LogP contribution is 2.39. The van der Waals surface area contributed by atoms with Crippen LogP contribution in [0.3, 0.4) is 0 Å².